The van der Waals surface area contributed by atoms with Crippen molar-refractivity contribution >= 4 is 43.6 Å². The van der Waals surface area contributed by atoms with Crippen molar-refractivity contribution in [2.24, 2.45) is 0 Å². The molecule has 5 nitrogen and oxygen atoms in total. The number of unbranched alkanes of at least 4 members (excludes halogenated alkanes) is 1. The highest BCUT2D eigenvalue weighted by molar-refractivity contribution is 6.18. The van der Waals surface area contributed by atoms with Gasteiger partial charge in [-0.05, 0) is 72.0 Å². The fourth-order valence-electron chi connectivity index (χ4n) is 7.94. The quantitative estimate of drug-likeness (QED) is 0.159. The van der Waals surface area contributed by atoms with Crippen LogP contribution in [0, 0.1) is 0 Å². The maximum absolute atomic E-state index is 5.30. The lowest BCUT2D eigenvalue weighted by Gasteiger charge is -2.12. The molecule has 0 bridgehead atoms. The van der Waals surface area contributed by atoms with Crippen LogP contribution < -0.4 is 0 Å². The molecular formula is C49H37N5. The first-order valence-corrected chi connectivity index (χ1v) is 18.8. The number of para-hydroxylation sites is 3. The zero-order valence-corrected chi connectivity index (χ0v) is 30.0. The minimum atomic E-state index is 0.586. The van der Waals surface area contributed by atoms with Crippen LogP contribution in [0.1, 0.15) is 25.3 Å². The van der Waals surface area contributed by atoms with Crippen LogP contribution in [-0.2, 0) is 6.42 Å². The molecule has 0 aliphatic rings. The zero-order valence-electron chi connectivity index (χ0n) is 30.0. The molecule has 0 unspecified atom stereocenters. The van der Waals surface area contributed by atoms with Crippen molar-refractivity contribution in [1.29, 1.82) is 0 Å². The van der Waals surface area contributed by atoms with Crippen LogP contribution in [0.2, 0.25) is 0 Å². The number of rotatable bonds is 8. The molecule has 5 heteroatoms. The van der Waals surface area contributed by atoms with Gasteiger partial charge in [-0.15, -0.1) is 0 Å². The van der Waals surface area contributed by atoms with Gasteiger partial charge in [0.05, 0.1) is 22.1 Å². The Hall–Kier alpha value is -6.85. The van der Waals surface area contributed by atoms with Crippen molar-refractivity contribution < 1.29 is 0 Å². The molecule has 0 aliphatic heterocycles. The van der Waals surface area contributed by atoms with E-state index in [0.717, 1.165) is 56.1 Å². The second kappa shape index (κ2) is 13.3. The molecule has 0 amide bonds. The van der Waals surface area contributed by atoms with E-state index in [9.17, 15) is 0 Å². The number of fused-ring (bicyclic) bond motifs is 6. The van der Waals surface area contributed by atoms with E-state index in [1.807, 2.05) is 18.2 Å². The van der Waals surface area contributed by atoms with Crippen LogP contribution in [0.25, 0.3) is 89.2 Å². The van der Waals surface area contributed by atoms with Crippen molar-refractivity contribution in [2.75, 3.05) is 0 Å². The molecule has 0 N–H and O–H groups in total. The fraction of sp³-hybridized carbons (Fsp3) is 0.0816. The molecular weight excluding hydrogens is 659 g/mol. The first kappa shape index (κ1) is 31.9. The van der Waals surface area contributed by atoms with Gasteiger partial charge in [0.1, 0.15) is 0 Å². The number of hydrogen-bond acceptors (Lipinski definition) is 3. The summed E-state index contributed by atoms with van der Waals surface area (Å²) in [6.07, 6.45) is 3.45. The Bertz CT molecular complexity index is 2980. The number of hydrogen-bond donors (Lipinski definition) is 0. The van der Waals surface area contributed by atoms with Crippen LogP contribution in [0.15, 0.2) is 170 Å². The van der Waals surface area contributed by atoms with Gasteiger partial charge in [-0.25, -0.2) is 4.98 Å². The van der Waals surface area contributed by atoms with Crippen molar-refractivity contribution in [3.8, 4) is 45.5 Å². The maximum atomic E-state index is 5.30. The van der Waals surface area contributed by atoms with E-state index in [1.165, 1.54) is 40.3 Å². The average Bonchev–Trinajstić information content (AvgIpc) is 3.74. The molecule has 10 rings (SSSR count). The van der Waals surface area contributed by atoms with Gasteiger partial charge in [-0.3, -0.25) is 4.57 Å². The lowest BCUT2D eigenvalue weighted by atomic mass is 9.99. The minimum absolute atomic E-state index is 0.586. The minimum Gasteiger partial charge on any atom is -0.309 e. The summed E-state index contributed by atoms with van der Waals surface area (Å²) in [6.45, 7) is 2.24. The van der Waals surface area contributed by atoms with Crippen LogP contribution in [-0.4, -0.2) is 24.1 Å². The van der Waals surface area contributed by atoms with Gasteiger partial charge in [0.25, 0.3) is 0 Å². The van der Waals surface area contributed by atoms with Crippen LogP contribution >= 0.6 is 0 Å². The van der Waals surface area contributed by atoms with E-state index in [0.29, 0.717) is 17.6 Å². The molecule has 10 aromatic rings. The summed E-state index contributed by atoms with van der Waals surface area (Å²) in [7, 11) is 0. The molecule has 3 heterocycles. The summed E-state index contributed by atoms with van der Waals surface area (Å²) in [5.41, 5.74) is 11.2. The van der Waals surface area contributed by atoms with Gasteiger partial charge in [0.2, 0.25) is 5.95 Å². The summed E-state index contributed by atoms with van der Waals surface area (Å²) < 4.78 is 4.59. The highest BCUT2D eigenvalue weighted by Crippen LogP contribution is 2.39. The summed E-state index contributed by atoms with van der Waals surface area (Å²) in [5, 5.41) is 4.67. The van der Waals surface area contributed by atoms with Crippen LogP contribution in [0.4, 0.5) is 0 Å². The topological polar surface area (TPSA) is 48.5 Å². The lowest BCUT2D eigenvalue weighted by Crippen LogP contribution is -2.06. The smallest absolute Gasteiger partial charge is 0.238 e. The lowest BCUT2D eigenvalue weighted by molar-refractivity contribution is 0.795. The summed E-state index contributed by atoms with van der Waals surface area (Å²) in [5.74, 6) is 1.86. The van der Waals surface area contributed by atoms with E-state index >= 15 is 0 Å². The Morgan fingerprint density at radius 2 is 0.944 bits per heavy atom. The molecule has 0 saturated heterocycles. The van der Waals surface area contributed by atoms with Crippen molar-refractivity contribution in [3.05, 3.63) is 175 Å². The van der Waals surface area contributed by atoms with Crippen molar-refractivity contribution in [1.82, 2.24) is 24.1 Å². The maximum Gasteiger partial charge on any atom is 0.238 e. The molecule has 0 fully saturated rings. The summed E-state index contributed by atoms with van der Waals surface area (Å²) in [6, 6.07) is 60.2. The molecule has 0 radical (unpaired) electrons. The second-order valence-electron chi connectivity index (χ2n) is 14.0. The molecule has 0 atom stereocenters. The van der Waals surface area contributed by atoms with Gasteiger partial charge in [-0.2, -0.15) is 9.97 Å². The molecule has 258 valence electrons. The first-order chi connectivity index (χ1) is 26.7. The second-order valence-corrected chi connectivity index (χ2v) is 14.0. The molecule has 3 aromatic heterocycles. The van der Waals surface area contributed by atoms with Crippen LogP contribution in [0.5, 0.6) is 0 Å². The number of benzene rings is 7. The number of nitrogens with zero attached hydrogens (tertiary/aromatic N) is 5. The summed E-state index contributed by atoms with van der Waals surface area (Å²) in [4.78, 5) is 15.6. The Morgan fingerprint density at radius 1 is 0.407 bits per heavy atom. The Kier molecular flexibility index (Phi) is 7.84. The highest BCUT2D eigenvalue weighted by Gasteiger charge is 2.21. The predicted molar refractivity (Wildman–Crippen MR) is 223 cm³/mol. The first-order valence-electron chi connectivity index (χ1n) is 18.8. The van der Waals surface area contributed by atoms with Crippen molar-refractivity contribution in [2.45, 2.75) is 26.2 Å². The third-order valence-electron chi connectivity index (χ3n) is 10.5. The molecule has 7 aromatic carbocycles. The molecule has 0 aliphatic carbocycles. The van der Waals surface area contributed by atoms with Gasteiger partial charge < -0.3 is 4.57 Å². The highest BCUT2D eigenvalue weighted by atomic mass is 15.2. The molecule has 0 spiro atoms. The third-order valence-corrected chi connectivity index (χ3v) is 10.5. The molecule has 54 heavy (non-hydrogen) atoms. The largest absolute Gasteiger partial charge is 0.309 e. The Balaban J connectivity index is 1.22. The Morgan fingerprint density at radius 3 is 1.65 bits per heavy atom. The SMILES string of the molecule is CCCCc1cccc(-c2cccc(-c3nc(-c4ccccc4)nc(-n4c5ccccc5c5cc6c(cc54)c4ccccc4n6-c4ccccc4)n3)c2)c1. The number of aromatic nitrogens is 5. The van der Waals surface area contributed by atoms with E-state index < -0.39 is 0 Å². The van der Waals surface area contributed by atoms with Crippen LogP contribution in [0.3, 0.4) is 0 Å². The Labute approximate surface area is 313 Å². The molecule has 0 saturated carbocycles. The number of aryl methyl sites for hydroxylation is 1. The van der Waals surface area contributed by atoms with Gasteiger partial charge in [-0.1, -0.05) is 141 Å². The summed E-state index contributed by atoms with van der Waals surface area (Å²) >= 11 is 0. The zero-order chi connectivity index (χ0) is 36.0. The third kappa shape index (κ3) is 5.44. The predicted octanol–water partition coefficient (Wildman–Crippen LogP) is 12.4. The van der Waals surface area contributed by atoms with E-state index in [4.69, 9.17) is 15.0 Å². The normalized spacial score (nSPS) is 11.6. The van der Waals surface area contributed by atoms with Gasteiger partial charge >= 0.3 is 0 Å². The van der Waals surface area contributed by atoms with E-state index in [2.05, 4.69) is 168 Å². The van der Waals surface area contributed by atoms with Gasteiger partial charge in [0, 0.05) is 38.4 Å². The van der Waals surface area contributed by atoms with E-state index in [-0.39, 0.29) is 0 Å². The fourth-order valence-corrected chi connectivity index (χ4v) is 7.94. The van der Waals surface area contributed by atoms with E-state index in [1.54, 1.807) is 0 Å². The monoisotopic (exact) mass is 695 g/mol. The average molecular weight is 696 g/mol. The van der Waals surface area contributed by atoms with Crippen molar-refractivity contribution in [3.63, 3.8) is 0 Å². The van der Waals surface area contributed by atoms with Gasteiger partial charge in [0.15, 0.2) is 11.6 Å². The standard InChI is InChI=1S/C49H37N5/c1-2-3-16-33-17-14-20-35(29-33)36-21-15-22-37(30-36)48-50-47(34-18-6-4-7-19-34)51-49(52-48)54-44-28-13-11-26-40(44)42-31-45-41(32-46(42)54)39-25-10-12-27-43(39)53(45)38-23-8-5-9-24-38/h4-15,17-32H,2-3,16H2,1H3.